The summed E-state index contributed by atoms with van der Waals surface area (Å²) in [5, 5.41) is 0.113. The van der Waals surface area contributed by atoms with Crippen molar-refractivity contribution in [1.82, 2.24) is 9.97 Å². The number of ketones is 4. The molecule has 0 saturated heterocycles. The number of ether oxygens (including phenoxy) is 6. The Hall–Kier alpha value is -10.8. The number of Topliss-reactive ketones (excluding diaryl/α,β-unsaturated/α-hetero) is 4. The van der Waals surface area contributed by atoms with Crippen molar-refractivity contribution < 1.29 is 66.8 Å². The van der Waals surface area contributed by atoms with Gasteiger partial charge >= 0.3 is 35.1 Å². The van der Waals surface area contributed by atoms with Crippen LogP contribution in [-0.4, -0.2) is 57.0 Å². The molecule has 7 aromatic rings. The van der Waals surface area contributed by atoms with E-state index in [1.165, 1.54) is 30.4 Å². The molecule has 89 heavy (non-hydrogen) atoms. The summed E-state index contributed by atoms with van der Waals surface area (Å²) in [6.45, 7) is 4.19. The minimum absolute atomic E-state index is 0.0249. The van der Waals surface area contributed by atoms with Crippen LogP contribution in [0.2, 0.25) is 0 Å². The van der Waals surface area contributed by atoms with E-state index in [2.05, 4.69) is 6.58 Å². The SMILES string of the molecule is C=C/C=C1/C(=O)/C(=C/c2nc3c(s2)C2=CC4C=C5OC(C(=O)OCc6ccccc6)(C(=O)OCc6ccccc6)c6nc(C=C7C(=O)c8ccccc8C7=O)sc6C5=CC4C=C2OC3(C(=O)OCc2ccccc2)C(=O)OCc2ccccc2)C(=O)/C1=C/C. The molecule has 0 spiro atoms. The quantitative estimate of drug-likeness (QED) is 0.0306. The number of nitrogens with zero attached hydrogens (tertiary/aromatic N) is 2. The van der Waals surface area contributed by atoms with Gasteiger partial charge in [-0.2, -0.15) is 0 Å². The minimum atomic E-state index is -2.76. The highest BCUT2D eigenvalue weighted by Crippen LogP contribution is 2.55. The van der Waals surface area contributed by atoms with Crippen molar-refractivity contribution in [2.45, 2.75) is 44.6 Å². The van der Waals surface area contributed by atoms with E-state index in [1.807, 2.05) is 0 Å². The maximum absolute atomic E-state index is 15.3. The summed E-state index contributed by atoms with van der Waals surface area (Å²) < 4.78 is 37.7. The zero-order chi connectivity index (χ0) is 61.6. The lowest BCUT2D eigenvalue weighted by atomic mass is 9.76. The van der Waals surface area contributed by atoms with Gasteiger partial charge in [0, 0.05) is 45.3 Å². The maximum Gasteiger partial charge on any atom is 0.369 e. The molecule has 4 aliphatic carbocycles. The van der Waals surface area contributed by atoms with Gasteiger partial charge in [-0.25, -0.2) is 29.1 Å². The fourth-order valence-corrected chi connectivity index (χ4v) is 13.4. The van der Waals surface area contributed by atoms with Crippen molar-refractivity contribution in [3.05, 3.63) is 293 Å². The third-order valence-electron chi connectivity index (χ3n) is 15.6. The molecular formula is C71H48N2O14S2. The maximum atomic E-state index is 15.3. The lowest BCUT2D eigenvalue weighted by Crippen LogP contribution is -2.51. The van der Waals surface area contributed by atoms with Crippen LogP contribution in [0.4, 0.5) is 0 Å². The number of aromatic nitrogens is 2. The van der Waals surface area contributed by atoms with Gasteiger partial charge in [-0.05, 0) is 53.5 Å². The van der Waals surface area contributed by atoms with Crippen molar-refractivity contribution in [2.75, 3.05) is 0 Å². The molecule has 0 bridgehead atoms. The fraction of sp³-hybridized carbons (Fsp3) is 0.127. The van der Waals surface area contributed by atoms with Gasteiger partial charge in [0.1, 0.15) is 59.3 Å². The van der Waals surface area contributed by atoms with Crippen LogP contribution >= 0.6 is 22.7 Å². The van der Waals surface area contributed by atoms with Gasteiger partial charge in [0.05, 0.1) is 20.9 Å². The first-order valence-electron chi connectivity index (χ1n) is 28.1. The summed E-state index contributed by atoms with van der Waals surface area (Å²) in [6, 6.07) is 41.6. The van der Waals surface area contributed by atoms with Crippen LogP contribution in [0.1, 0.15) is 81.1 Å². The smallest absolute Gasteiger partial charge is 0.369 e. The number of benzene rings is 5. The number of rotatable bonds is 15. The Morgan fingerprint density at radius 2 is 0.809 bits per heavy atom. The lowest BCUT2D eigenvalue weighted by Gasteiger charge is -2.40. The Kier molecular flexibility index (Phi) is 15.1. The number of carbonyl (C=O) groups is 8. The van der Waals surface area contributed by atoms with Crippen LogP contribution in [0.3, 0.4) is 0 Å². The molecule has 0 N–H and O–H groups in total. The topological polar surface area (TPSA) is 218 Å². The Morgan fingerprint density at radius 3 is 1.16 bits per heavy atom. The van der Waals surface area contributed by atoms with E-state index in [4.69, 9.17) is 38.4 Å². The predicted octanol–water partition coefficient (Wildman–Crippen LogP) is 11.6. The Morgan fingerprint density at radius 1 is 0.472 bits per heavy atom. The van der Waals surface area contributed by atoms with Gasteiger partial charge in [0.25, 0.3) is 0 Å². The fourth-order valence-electron chi connectivity index (χ4n) is 11.2. The summed E-state index contributed by atoms with van der Waals surface area (Å²) in [5.41, 5.74) is -2.66. The summed E-state index contributed by atoms with van der Waals surface area (Å²) in [5.74, 6) is -8.29. The third-order valence-corrected chi connectivity index (χ3v) is 17.7. The molecule has 16 nitrogen and oxygen atoms in total. The first-order chi connectivity index (χ1) is 43.3. The molecule has 1 saturated carbocycles. The lowest BCUT2D eigenvalue weighted by molar-refractivity contribution is -0.191. The molecule has 18 heteroatoms. The van der Waals surface area contributed by atoms with Gasteiger partial charge < -0.3 is 28.4 Å². The number of allylic oxidation sites excluding steroid dienone is 13. The number of thiazole rings is 2. The Balaban J connectivity index is 0.971. The van der Waals surface area contributed by atoms with Gasteiger partial charge in [0.15, 0.2) is 23.1 Å². The molecule has 4 heterocycles. The second kappa shape index (κ2) is 23.5. The highest BCUT2D eigenvalue weighted by Gasteiger charge is 2.63. The van der Waals surface area contributed by atoms with E-state index in [0.717, 1.165) is 22.7 Å². The summed E-state index contributed by atoms with van der Waals surface area (Å²) in [4.78, 5) is 127. The van der Waals surface area contributed by atoms with Crippen LogP contribution < -0.4 is 0 Å². The van der Waals surface area contributed by atoms with E-state index in [-0.39, 0.29) is 103 Å². The normalized spacial score (nSPS) is 19.3. The van der Waals surface area contributed by atoms with Crippen LogP contribution in [0.25, 0.3) is 23.3 Å². The highest BCUT2D eigenvalue weighted by molar-refractivity contribution is 7.14. The molecule has 5 aromatic carbocycles. The van der Waals surface area contributed by atoms with E-state index in [9.17, 15) is 19.2 Å². The van der Waals surface area contributed by atoms with Crippen LogP contribution in [0, 0.1) is 11.8 Å². The van der Waals surface area contributed by atoms with E-state index < -0.39 is 70.0 Å². The van der Waals surface area contributed by atoms with Crippen molar-refractivity contribution in [2.24, 2.45) is 11.8 Å². The summed E-state index contributed by atoms with van der Waals surface area (Å²) in [7, 11) is 0. The standard InChI is InChI=1S/C71H48N2O14S2/c1-3-19-47-46(4-2)58(74)52(59(47)75)34-56-72-64-62(88-56)50-30-44-33-55-51(31-45(44)32-54(50)86-70(64,66(78)82-36-40-20-9-5-10-21-40)67(79)83-37-41-22-11-6-12-23-41)63-65(73-57(89-63)35-53-60(76)48-28-17-18-29-49(48)61(53)77)71(87-55,68(80)84-38-42-24-13-7-14-25-42)69(81)85-39-43-26-15-8-16-27-43/h3-35,44-45H,1,36-39H2,2H3/b46-4+,47-19+,52-34+. The van der Waals surface area contributed by atoms with Crippen molar-refractivity contribution >= 4 is 93.0 Å². The van der Waals surface area contributed by atoms with Gasteiger partial charge in [-0.1, -0.05) is 183 Å². The van der Waals surface area contributed by atoms with Crippen molar-refractivity contribution in [3.8, 4) is 0 Å². The molecule has 2 aromatic heterocycles. The predicted molar refractivity (Wildman–Crippen MR) is 327 cm³/mol. The van der Waals surface area contributed by atoms with Gasteiger partial charge in [-0.3, -0.25) is 19.2 Å². The van der Waals surface area contributed by atoms with Crippen LogP contribution in [0.15, 0.2) is 229 Å². The largest absolute Gasteiger partial charge is 0.458 e. The second-order valence-electron chi connectivity index (χ2n) is 21.1. The molecule has 1 fully saturated rings. The highest BCUT2D eigenvalue weighted by atomic mass is 32.1. The zero-order valence-corrected chi connectivity index (χ0v) is 48.8. The average Bonchev–Trinajstić information content (AvgIpc) is 1.72. The van der Waals surface area contributed by atoms with Crippen LogP contribution in [-0.2, 0) is 94.8 Å². The summed E-state index contributed by atoms with van der Waals surface area (Å²) in [6.07, 6.45) is 14.0. The van der Waals surface area contributed by atoms with E-state index in [1.54, 1.807) is 177 Å². The number of hydrogen-bond acceptors (Lipinski definition) is 18. The Bertz CT molecular complexity index is 4320. The molecule has 0 amide bonds. The van der Waals surface area contributed by atoms with E-state index in [0.29, 0.717) is 33.4 Å². The molecular weight excluding hydrogens is 1170 g/mol. The molecule has 2 aliphatic heterocycles. The minimum Gasteiger partial charge on any atom is -0.458 e. The number of hydrogen-bond donors (Lipinski definition) is 0. The monoisotopic (exact) mass is 1220 g/mol. The third kappa shape index (κ3) is 10.2. The van der Waals surface area contributed by atoms with Gasteiger partial charge in [0.2, 0.25) is 0 Å². The first kappa shape index (κ1) is 57.3. The van der Waals surface area contributed by atoms with E-state index >= 15 is 19.2 Å². The first-order valence-corrected chi connectivity index (χ1v) is 29.8. The molecule has 2 unspecified atom stereocenters. The molecule has 0 radical (unpaired) electrons. The Labute approximate surface area is 516 Å². The van der Waals surface area contributed by atoms with Crippen LogP contribution in [0.5, 0.6) is 0 Å². The van der Waals surface area contributed by atoms with Gasteiger partial charge in [-0.15, -0.1) is 22.7 Å². The molecule has 2 atom stereocenters. The zero-order valence-electron chi connectivity index (χ0n) is 47.2. The summed E-state index contributed by atoms with van der Waals surface area (Å²) >= 11 is 1.96. The molecule has 6 aliphatic rings. The molecule has 438 valence electrons. The molecule has 13 rings (SSSR count). The van der Waals surface area contributed by atoms with Crippen molar-refractivity contribution in [3.63, 3.8) is 0 Å². The second-order valence-corrected chi connectivity index (χ2v) is 23.2. The average molecular weight is 1220 g/mol. The number of carbonyl (C=O) groups excluding carboxylic acids is 8. The van der Waals surface area contributed by atoms with Crippen molar-refractivity contribution in [1.29, 1.82) is 0 Å². The number of fused-ring (bicyclic) bond motifs is 8. The number of esters is 4.